The molecule has 2 heterocycles. The van der Waals surface area contributed by atoms with Crippen LogP contribution in [0.3, 0.4) is 0 Å². The highest BCUT2D eigenvalue weighted by Gasteiger charge is 2.43. The third-order valence-corrected chi connectivity index (χ3v) is 8.13. The molecule has 6 rings (SSSR count). The second-order valence-corrected chi connectivity index (χ2v) is 10.6. The number of nitrogens with zero attached hydrogens (tertiary/aromatic N) is 2. The normalized spacial score (nSPS) is 17.3. The highest BCUT2D eigenvalue weighted by Crippen LogP contribution is 2.47. The fraction of sp³-hybridized carbons (Fsp3) is 0.235. The van der Waals surface area contributed by atoms with Crippen LogP contribution in [0.15, 0.2) is 91.3 Å². The predicted molar refractivity (Wildman–Crippen MR) is 155 cm³/mol. The lowest BCUT2D eigenvalue weighted by Crippen LogP contribution is -2.37. The van der Waals surface area contributed by atoms with Crippen LogP contribution in [0.4, 0.5) is 0 Å². The lowest BCUT2D eigenvalue weighted by Gasteiger charge is -2.32. The minimum absolute atomic E-state index is 0.0154. The average molecular weight is 546 g/mol. The number of carbonyl (C=O) groups is 3. The van der Waals surface area contributed by atoms with Crippen molar-refractivity contribution in [1.82, 2.24) is 15.2 Å². The van der Waals surface area contributed by atoms with E-state index in [-0.39, 0.29) is 29.6 Å². The van der Waals surface area contributed by atoms with Crippen molar-refractivity contribution in [3.63, 3.8) is 0 Å². The van der Waals surface area contributed by atoms with Crippen LogP contribution < -0.4 is 5.32 Å². The van der Waals surface area contributed by atoms with Gasteiger partial charge in [0.1, 0.15) is 0 Å². The highest BCUT2D eigenvalue weighted by molar-refractivity contribution is 5.94. The van der Waals surface area contributed by atoms with Gasteiger partial charge in [-0.15, -0.1) is 0 Å². The van der Waals surface area contributed by atoms with E-state index < -0.39 is 0 Å². The molecule has 206 valence electrons. The smallest absolute Gasteiger partial charge is 0.337 e. The first-order valence-corrected chi connectivity index (χ1v) is 13.9. The zero-order chi connectivity index (χ0) is 28.3. The van der Waals surface area contributed by atoms with Gasteiger partial charge in [0.2, 0.25) is 5.91 Å². The molecule has 4 aromatic rings. The fourth-order valence-corrected chi connectivity index (χ4v) is 5.83. The van der Waals surface area contributed by atoms with Gasteiger partial charge < -0.3 is 15.0 Å². The molecule has 0 saturated heterocycles. The van der Waals surface area contributed by atoms with Crippen LogP contribution in [0.25, 0.3) is 11.1 Å². The first kappa shape index (κ1) is 26.4. The van der Waals surface area contributed by atoms with E-state index in [4.69, 9.17) is 4.74 Å². The van der Waals surface area contributed by atoms with E-state index in [2.05, 4.69) is 28.5 Å². The van der Waals surface area contributed by atoms with E-state index in [0.717, 1.165) is 34.2 Å². The summed E-state index contributed by atoms with van der Waals surface area (Å²) < 4.78 is 4.93. The number of benzene rings is 3. The molecule has 7 nitrogen and oxygen atoms in total. The first-order chi connectivity index (χ1) is 20.0. The third kappa shape index (κ3) is 5.48. The van der Waals surface area contributed by atoms with Gasteiger partial charge in [-0.05, 0) is 76.4 Å². The molecule has 2 atom stereocenters. The Bertz CT molecular complexity index is 1600. The monoisotopic (exact) mass is 545 g/mol. The van der Waals surface area contributed by atoms with E-state index in [1.807, 2.05) is 47.4 Å². The largest absolute Gasteiger partial charge is 0.465 e. The second kappa shape index (κ2) is 11.4. The molecule has 1 aromatic heterocycles. The lowest BCUT2D eigenvalue weighted by molar-refractivity contribution is -0.122. The number of pyridine rings is 1. The average Bonchev–Trinajstić information content (AvgIpc) is 3.85. The maximum atomic E-state index is 13.3. The van der Waals surface area contributed by atoms with Crippen molar-refractivity contribution < 1.29 is 19.1 Å². The van der Waals surface area contributed by atoms with Gasteiger partial charge >= 0.3 is 5.97 Å². The number of esters is 1. The van der Waals surface area contributed by atoms with Gasteiger partial charge in [0.15, 0.2) is 0 Å². The zero-order valence-electron chi connectivity index (χ0n) is 22.9. The Morgan fingerprint density at radius 2 is 1.73 bits per heavy atom. The molecule has 7 heteroatoms. The number of fused-ring (bicyclic) bond motifs is 1. The van der Waals surface area contributed by atoms with Crippen molar-refractivity contribution >= 4 is 17.8 Å². The number of carbonyl (C=O) groups excluding carboxylic acids is 3. The molecular weight excluding hydrogens is 514 g/mol. The Kier molecular flexibility index (Phi) is 7.33. The summed E-state index contributed by atoms with van der Waals surface area (Å²) in [6.07, 6.45) is 4.76. The number of ether oxygens (including phenoxy) is 1. The molecule has 2 aliphatic rings. The van der Waals surface area contributed by atoms with Gasteiger partial charge in [-0.3, -0.25) is 14.6 Å². The number of aromatic nitrogens is 1. The molecule has 0 radical (unpaired) electrons. The van der Waals surface area contributed by atoms with Crippen LogP contribution in [0.5, 0.6) is 0 Å². The molecule has 3 aromatic carbocycles. The van der Waals surface area contributed by atoms with Crippen LogP contribution in [0.2, 0.25) is 0 Å². The molecule has 1 fully saturated rings. The Balaban J connectivity index is 1.28. The second-order valence-electron chi connectivity index (χ2n) is 10.6. The standard InChI is InChI=1S/C34H31N3O4/c1-41-34(40)25-9-5-8-24(18-25)27-11-10-26(20-36-32(38)30-19-29(30)22-6-3-2-4-7-22)31-21-37(17-14-28(27)31)33(39)23-12-15-35-16-13-23/h2-13,15-16,18,29-30H,14,17,19-21H2,1H3,(H,36,38)/t29-,30-/m1/s1. The summed E-state index contributed by atoms with van der Waals surface area (Å²) in [5.41, 5.74) is 7.37. The molecule has 0 unspecified atom stereocenters. The summed E-state index contributed by atoms with van der Waals surface area (Å²) in [5.74, 6) is -0.123. The van der Waals surface area contributed by atoms with E-state index in [0.29, 0.717) is 37.2 Å². The summed E-state index contributed by atoms with van der Waals surface area (Å²) >= 11 is 0. The van der Waals surface area contributed by atoms with E-state index in [9.17, 15) is 14.4 Å². The molecule has 41 heavy (non-hydrogen) atoms. The van der Waals surface area contributed by atoms with E-state index in [1.165, 1.54) is 12.7 Å². The highest BCUT2D eigenvalue weighted by atomic mass is 16.5. The summed E-state index contributed by atoms with van der Waals surface area (Å²) in [6, 6.07) is 25.1. The molecule has 1 N–H and O–H groups in total. The number of amides is 2. The van der Waals surface area contributed by atoms with E-state index in [1.54, 1.807) is 30.6 Å². The number of nitrogens with one attached hydrogen (secondary N) is 1. The van der Waals surface area contributed by atoms with Crippen molar-refractivity contribution in [1.29, 1.82) is 0 Å². The Morgan fingerprint density at radius 1 is 0.927 bits per heavy atom. The quantitative estimate of drug-likeness (QED) is 0.325. The van der Waals surface area contributed by atoms with Crippen molar-refractivity contribution in [3.8, 4) is 11.1 Å². The predicted octanol–water partition coefficient (Wildman–Crippen LogP) is 5.15. The van der Waals surface area contributed by atoms with Gasteiger partial charge in [-0.25, -0.2) is 4.79 Å². The lowest BCUT2D eigenvalue weighted by atomic mass is 9.87. The summed E-state index contributed by atoms with van der Waals surface area (Å²) in [6.45, 7) is 1.38. The Hall–Kier alpha value is -4.78. The summed E-state index contributed by atoms with van der Waals surface area (Å²) in [5, 5.41) is 3.17. The molecule has 0 bridgehead atoms. The number of methoxy groups -OCH3 is 1. The fourth-order valence-electron chi connectivity index (χ4n) is 5.83. The van der Waals surface area contributed by atoms with Crippen LogP contribution in [0.1, 0.15) is 55.3 Å². The van der Waals surface area contributed by atoms with Crippen LogP contribution in [-0.4, -0.2) is 41.3 Å². The molecule has 0 spiro atoms. The SMILES string of the molecule is COC(=O)c1cccc(-c2ccc(CNC(=O)[C@@H]3C[C@@H]3c3ccccc3)c3c2CCN(C(=O)c2ccncc2)C3)c1. The van der Waals surface area contributed by atoms with Gasteiger partial charge in [0.05, 0.1) is 12.7 Å². The number of hydrogen-bond acceptors (Lipinski definition) is 5. The summed E-state index contributed by atoms with van der Waals surface area (Å²) in [4.78, 5) is 44.5. The van der Waals surface area contributed by atoms with Gasteiger partial charge in [-0.2, -0.15) is 0 Å². The first-order valence-electron chi connectivity index (χ1n) is 13.9. The van der Waals surface area contributed by atoms with Crippen LogP contribution in [0, 0.1) is 5.92 Å². The van der Waals surface area contributed by atoms with Gasteiger partial charge in [0, 0.05) is 43.5 Å². The third-order valence-electron chi connectivity index (χ3n) is 8.13. The van der Waals surface area contributed by atoms with E-state index >= 15 is 0 Å². The van der Waals surface area contributed by atoms with Gasteiger partial charge in [-0.1, -0.05) is 54.6 Å². The van der Waals surface area contributed by atoms with Crippen molar-refractivity contribution in [2.75, 3.05) is 13.7 Å². The maximum Gasteiger partial charge on any atom is 0.337 e. The zero-order valence-corrected chi connectivity index (χ0v) is 22.9. The molecule has 1 aliphatic carbocycles. The maximum absolute atomic E-state index is 13.3. The molecule has 2 amide bonds. The van der Waals surface area contributed by atoms with Crippen molar-refractivity contribution in [2.45, 2.75) is 31.8 Å². The molecule has 1 aliphatic heterocycles. The Morgan fingerprint density at radius 3 is 2.51 bits per heavy atom. The van der Waals surface area contributed by atoms with Crippen LogP contribution in [-0.2, 0) is 29.0 Å². The minimum atomic E-state index is -0.386. The number of hydrogen-bond donors (Lipinski definition) is 1. The van der Waals surface area contributed by atoms with Gasteiger partial charge in [0.25, 0.3) is 5.91 Å². The molecular formula is C34H31N3O4. The van der Waals surface area contributed by atoms with Crippen LogP contribution >= 0.6 is 0 Å². The topological polar surface area (TPSA) is 88.6 Å². The minimum Gasteiger partial charge on any atom is -0.465 e. The van der Waals surface area contributed by atoms with Crippen molar-refractivity contribution in [2.24, 2.45) is 5.92 Å². The number of rotatable bonds is 7. The Labute approximate surface area is 239 Å². The van der Waals surface area contributed by atoms with Crippen molar-refractivity contribution in [3.05, 3.63) is 125 Å². The summed E-state index contributed by atoms with van der Waals surface area (Å²) in [7, 11) is 1.37. The molecule has 1 saturated carbocycles.